The Labute approximate surface area is 133 Å². The van der Waals surface area contributed by atoms with Gasteiger partial charge in [-0.1, -0.05) is 43.5 Å². The number of nitrogens with zero attached hydrogens (tertiary/aromatic N) is 2. The van der Waals surface area contributed by atoms with Crippen molar-refractivity contribution < 1.29 is 4.79 Å². The van der Waals surface area contributed by atoms with Crippen molar-refractivity contribution in [3.05, 3.63) is 35.4 Å². The summed E-state index contributed by atoms with van der Waals surface area (Å²) in [5.74, 6) is 0.738. The Bertz CT molecular complexity index is 550. The van der Waals surface area contributed by atoms with E-state index in [1.165, 1.54) is 30.4 Å². The highest BCUT2D eigenvalue weighted by Gasteiger charge is 2.36. The molecule has 1 saturated heterocycles. The van der Waals surface area contributed by atoms with E-state index in [9.17, 15) is 4.79 Å². The molecule has 1 amide bonds. The molecule has 2 heterocycles. The molecule has 22 heavy (non-hydrogen) atoms. The topological polar surface area (TPSA) is 23.6 Å². The predicted molar refractivity (Wildman–Crippen MR) is 87.6 cm³/mol. The first-order chi connectivity index (χ1) is 10.8. The molecule has 0 N–H and O–H groups in total. The molecule has 2 fully saturated rings. The van der Waals surface area contributed by atoms with E-state index >= 15 is 0 Å². The highest BCUT2D eigenvalue weighted by atomic mass is 16.2. The number of piperazine rings is 1. The average Bonchev–Trinajstić information content (AvgIpc) is 2.61. The Kier molecular flexibility index (Phi) is 3.91. The summed E-state index contributed by atoms with van der Waals surface area (Å²) in [6.07, 6.45) is 7.17. The second-order valence-corrected chi connectivity index (χ2v) is 7.12. The summed E-state index contributed by atoms with van der Waals surface area (Å²) in [4.78, 5) is 17.6. The number of amides is 1. The van der Waals surface area contributed by atoms with Gasteiger partial charge in [-0.15, -0.1) is 0 Å². The fourth-order valence-electron chi connectivity index (χ4n) is 4.54. The number of carbonyl (C=O) groups excluding carboxylic acids is 1. The van der Waals surface area contributed by atoms with Crippen LogP contribution in [0.2, 0.25) is 0 Å². The van der Waals surface area contributed by atoms with Gasteiger partial charge in [0.15, 0.2) is 0 Å². The van der Waals surface area contributed by atoms with Crippen molar-refractivity contribution in [2.45, 2.75) is 44.6 Å². The van der Waals surface area contributed by atoms with E-state index in [0.717, 1.165) is 45.4 Å². The van der Waals surface area contributed by atoms with E-state index in [1.54, 1.807) is 0 Å². The molecule has 0 bridgehead atoms. The zero-order valence-corrected chi connectivity index (χ0v) is 13.3. The van der Waals surface area contributed by atoms with E-state index in [4.69, 9.17) is 0 Å². The van der Waals surface area contributed by atoms with Crippen molar-refractivity contribution in [3.8, 4) is 0 Å². The standard InChI is InChI=1S/C19H26N2O/c22-19(16-7-2-1-3-8-16)21-13-12-20-11-10-15-6-4-5-9-17(15)18(20)14-21/h4-6,9,16,18H,1-3,7-8,10-14H2. The third-order valence-corrected chi connectivity index (χ3v) is 5.84. The van der Waals surface area contributed by atoms with Crippen LogP contribution in [-0.2, 0) is 11.2 Å². The molecule has 1 atom stereocenters. The smallest absolute Gasteiger partial charge is 0.225 e. The molecule has 0 aromatic heterocycles. The Hall–Kier alpha value is -1.35. The van der Waals surface area contributed by atoms with Crippen molar-refractivity contribution >= 4 is 5.91 Å². The number of hydrogen-bond acceptors (Lipinski definition) is 2. The largest absolute Gasteiger partial charge is 0.339 e. The van der Waals surface area contributed by atoms with Crippen molar-refractivity contribution in [3.63, 3.8) is 0 Å². The lowest BCUT2D eigenvalue weighted by Gasteiger charge is -2.45. The number of rotatable bonds is 1. The average molecular weight is 298 g/mol. The molecule has 4 rings (SSSR count). The van der Waals surface area contributed by atoms with Crippen LogP contribution in [0.3, 0.4) is 0 Å². The Morgan fingerprint density at radius 1 is 1.00 bits per heavy atom. The van der Waals surface area contributed by atoms with Crippen LogP contribution in [0, 0.1) is 5.92 Å². The van der Waals surface area contributed by atoms with Gasteiger partial charge in [0.2, 0.25) is 5.91 Å². The van der Waals surface area contributed by atoms with Gasteiger partial charge in [0.1, 0.15) is 0 Å². The monoisotopic (exact) mass is 298 g/mol. The highest BCUT2D eigenvalue weighted by molar-refractivity contribution is 5.79. The Morgan fingerprint density at radius 2 is 1.82 bits per heavy atom. The maximum absolute atomic E-state index is 12.8. The second-order valence-electron chi connectivity index (χ2n) is 7.12. The first-order valence-electron chi connectivity index (χ1n) is 8.93. The van der Waals surface area contributed by atoms with Gasteiger partial charge in [-0.05, 0) is 30.4 Å². The number of hydrogen-bond donors (Lipinski definition) is 0. The van der Waals surface area contributed by atoms with Gasteiger partial charge in [-0.2, -0.15) is 0 Å². The molecule has 0 spiro atoms. The molecule has 1 aliphatic carbocycles. The maximum Gasteiger partial charge on any atom is 0.225 e. The Balaban J connectivity index is 1.51. The van der Waals surface area contributed by atoms with Crippen LogP contribution in [0.1, 0.15) is 49.3 Å². The summed E-state index contributed by atoms with van der Waals surface area (Å²) in [7, 11) is 0. The lowest BCUT2D eigenvalue weighted by atomic mass is 9.87. The van der Waals surface area contributed by atoms with E-state index in [2.05, 4.69) is 34.1 Å². The van der Waals surface area contributed by atoms with E-state index in [0.29, 0.717) is 17.9 Å². The van der Waals surface area contributed by atoms with Gasteiger partial charge in [0.05, 0.1) is 6.04 Å². The zero-order chi connectivity index (χ0) is 14.9. The molecule has 0 radical (unpaired) electrons. The molecule has 3 aliphatic rings. The normalized spacial score (nSPS) is 26.4. The molecule has 1 unspecified atom stereocenters. The maximum atomic E-state index is 12.8. The first kappa shape index (κ1) is 14.3. The van der Waals surface area contributed by atoms with Crippen LogP contribution >= 0.6 is 0 Å². The van der Waals surface area contributed by atoms with Crippen LogP contribution < -0.4 is 0 Å². The number of benzene rings is 1. The fraction of sp³-hybridized carbons (Fsp3) is 0.632. The van der Waals surface area contributed by atoms with Crippen LogP contribution in [0.4, 0.5) is 0 Å². The van der Waals surface area contributed by atoms with Crippen molar-refractivity contribution in [1.82, 2.24) is 9.80 Å². The third kappa shape index (κ3) is 2.56. The highest BCUT2D eigenvalue weighted by Crippen LogP contribution is 2.34. The predicted octanol–water partition coefficient (Wildman–Crippen LogP) is 3.01. The van der Waals surface area contributed by atoms with Gasteiger partial charge in [0, 0.05) is 32.1 Å². The molecule has 1 aromatic rings. The minimum absolute atomic E-state index is 0.305. The molecule has 3 heteroatoms. The fourth-order valence-corrected chi connectivity index (χ4v) is 4.54. The molecule has 118 valence electrons. The molecule has 2 aliphatic heterocycles. The lowest BCUT2D eigenvalue weighted by molar-refractivity contribution is -0.139. The molecule has 1 aromatic carbocycles. The van der Waals surface area contributed by atoms with E-state index in [1.807, 2.05) is 0 Å². The van der Waals surface area contributed by atoms with Gasteiger partial charge < -0.3 is 4.90 Å². The molecule has 1 saturated carbocycles. The quantitative estimate of drug-likeness (QED) is 0.796. The molecular weight excluding hydrogens is 272 g/mol. The summed E-state index contributed by atoms with van der Waals surface area (Å²) < 4.78 is 0. The lowest BCUT2D eigenvalue weighted by Crippen LogP contribution is -2.53. The van der Waals surface area contributed by atoms with Crippen LogP contribution in [0.25, 0.3) is 0 Å². The van der Waals surface area contributed by atoms with Crippen LogP contribution in [0.5, 0.6) is 0 Å². The second kappa shape index (κ2) is 6.04. The summed E-state index contributed by atoms with van der Waals surface area (Å²) >= 11 is 0. The zero-order valence-electron chi connectivity index (χ0n) is 13.3. The summed E-state index contributed by atoms with van der Waals surface area (Å²) in [5.41, 5.74) is 2.94. The van der Waals surface area contributed by atoms with Gasteiger partial charge in [-0.3, -0.25) is 9.69 Å². The minimum Gasteiger partial charge on any atom is -0.339 e. The first-order valence-corrected chi connectivity index (χ1v) is 8.93. The summed E-state index contributed by atoms with van der Waals surface area (Å²) in [5, 5.41) is 0. The minimum atomic E-state index is 0.305. The van der Waals surface area contributed by atoms with Crippen molar-refractivity contribution in [1.29, 1.82) is 0 Å². The third-order valence-electron chi connectivity index (χ3n) is 5.84. The van der Waals surface area contributed by atoms with E-state index in [-0.39, 0.29) is 0 Å². The van der Waals surface area contributed by atoms with Crippen molar-refractivity contribution in [2.75, 3.05) is 26.2 Å². The van der Waals surface area contributed by atoms with Gasteiger partial charge in [-0.25, -0.2) is 0 Å². The number of fused-ring (bicyclic) bond motifs is 3. The van der Waals surface area contributed by atoms with Crippen LogP contribution in [0.15, 0.2) is 24.3 Å². The molecule has 3 nitrogen and oxygen atoms in total. The van der Waals surface area contributed by atoms with E-state index < -0.39 is 0 Å². The van der Waals surface area contributed by atoms with Crippen LogP contribution in [-0.4, -0.2) is 41.9 Å². The molecular formula is C19H26N2O. The SMILES string of the molecule is O=C(C1CCCCC1)N1CCN2CCc3ccccc3C2C1. The van der Waals surface area contributed by atoms with Crippen molar-refractivity contribution in [2.24, 2.45) is 5.92 Å². The van der Waals surface area contributed by atoms with Gasteiger partial charge >= 0.3 is 0 Å². The Morgan fingerprint density at radius 3 is 2.68 bits per heavy atom. The summed E-state index contributed by atoms with van der Waals surface area (Å²) in [6.45, 7) is 4.00. The summed E-state index contributed by atoms with van der Waals surface area (Å²) in [6, 6.07) is 9.23. The van der Waals surface area contributed by atoms with Gasteiger partial charge in [0.25, 0.3) is 0 Å². The number of carbonyl (C=O) groups is 1.